The number of hydrogen-bond acceptors (Lipinski definition) is 7. The Balaban J connectivity index is 1.65. The molecule has 4 amide bonds. The molecule has 10 nitrogen and oxygen atoms in total. The molecule has 1 unspecified atom stereocenters. The van der Waals surface area contributed by atoms with Gasteiger partial charge in [-0.3, -0.25) is 24.6 Å². The highest BCUT2D eigenvalue weighted by Gasteiger charge is 2.44. The molecule has 2 aromatic carbocycles. The first-order valence-electron chi connectivity index (χ1n) is 10.3. The molecule has 1 aliphatic rings. The van der Waals surface area contributed by atoms with Crippen LogP contribution in [0, 0.1) is 0 Å². The Hall–Kier alpha value is -4.08. The summed E-state index contributed by atoms with van der Waals surface area (Å²) in [5.41, 5.74) is 2.73. The molecule has 1 heterocycles. The van der Waals surface area contributed by atoms with Gasteiger partial charge in [0.25, 0.3) is 11.8 Å². The Morgan fingerprint density at radius 1 is 1.00 bits per heavy atom. The highest BCUT2D eigenvalue weighted by atomic mass is 16.5. The lowest BCUT2D eigenvalue weighted by molar-refractivity contribution is -0.146. The molecule has 0 radical (unpaired) electrons. The van der Waals surface area contributed by atoms with E-state index in [2.05, 4.69) is 5.43 Å². The summed E-state index contributed by atoms with van der Waals surface area (Å²) in [6.07, 6.45) is -0.259. The molecular weight excluding hydrogens is 430 g/mol. The molecule has 2 aromatic rings. The van der Waals surface area contributed by atoms with Gasteiger partial charge in [-0.05, 0) is 55.5 Å². The number of carbonyl (C=O) groups excluding carboxylic acids is 4. The maximum atomic E-state index is 13.0. The van der Waals surface area contributed by atoms with E-state index in [1.54, 1.807) is 48.5 Å². The molecule has 1 aliphatic heterocycles. The Kier molecular flexibility index (Phi) is 7.50. The Morgan fingerprint density at radius 3 is 2.15 bits per heavy atom. The smallest absolute Gasteiger partial charge is 0.276 e. The fourth-order valence-corrected chi connectivity index (χ4v) is 3.31. The van der Waals surface area contributed by atoms with Crippen molar-refractivity contribution in [3.05, 3.63) is 48.5 Å². The first-order valence-corrected chi connectivity index (χ1v) is 10.3. The quantitative estimate of drug-likeness (QED) is 0.476. The van der Waals surface area contributed by atoms with Gasteiger partial charge in [0.1, 0.15) is 23.3 Å². The topological polar surface area (TPSA) is 114 Å². The molecule has 0 saturated carbocycles. The van der Waals surface area contributed by atoms with E-state index < -0.39 is 36.3 Å². The third kappa shape index (κ3) is 5.59. The van der Waals surface area contributed by atoms with Crippen molar-refractivity contribution < 1.29 is 33.4 Å². The third-order valence-corrected chi connectivity index (χ3v) is 4.85. The number of amides is 4. The zero-order valence-corrected chi connectivity index (χ0v) is 18.6. The molecule has 1 atom stereocenters. The fraction of sp³-hybridized carbons (Fsp3) is 0.304. The molecular formula is C23H25N3O7. The molecule has 3 rings (SSSR count). The maximum absolute atomic E-state index is 13.0. The second kappa shape index (κ2) is 10.5. The van der Waals surface area contributed by atoms with Crippen molar-refractivity contribution in [3.63, 3.8) is 0 Å². The minimum Gasteiger partial charge on any atom is -0.497 e. The summed E-state index contributed by atoms with van der Waals surface area (Å²) in [4.78, 5) is 51.1. The van der Waals surface area contributed by atoms with Gasteiger partial charge in [0, 0.05) is 6.92 Å². The molecule has 174 valence electrons. The van der Waals surface area contributed by atoms with Crippen molar-refractivity contribution in [1.29, 1.82) is 0 Å². The van der Waals surface area contributed by atoms with Gasteiger partial charge >= 0.3 is 0 Å². The van der Waals surface area contributed by atoms with Gasteiger partial charge in [0.15, 0.2) is 6.61 Å². The monoisotopic (exact) mass is 455 g/mol. The summed E-state index contributed by atoms with van der Waals surface area (Å²) >= 11 is 0. The number of nitrogens with one attached hydrogen (secondary N) is 1. The van der Waals surface area contributed by atoms with Crippen LogP contribution in [0.4, 0.5) is 5.69 Å². The number of benzene rings is 2. The van der Waals surface area contributed by atoms with E-state index in [4.69, 9.17) is 14.2 Å². The van der Waals surface area contributed by atoms with Crippen LogP contribution in [0.5, 0.6) is 17.2 Å². The van der Waals surface area contributed by atoms with Crippen LogP contribution in [0.15, 0.2) is 48.5 Å². The van der Waals surface area contributed by atoms with E-state index in [1.807, 2.05) is 6.92 Å². The molecule has 1 saturated heterocycles. The second-order valence-electron chi connectivity index (χ2n) is 7.10. The van der Waals surface area contributed by atoms with Gasteiger partial charge in [-0.25, -0.2) is 9.91 Å². The number of methoxy groups -OCH3 is 1. The molecule has 0 aromatic heterocycles. The largest absolute Gasteiger partial charge is 0.497 e. The molecule has 1 fully saturated rings. The number of rotatable bonds is 8. The number of carbonyl (C=O) groups is 4. The van der Waals surface area contributed by atoms with Crippen LogP contribution in [0.1, 0.15) is 20.3 Å². The van der Waals surface area contributed by atoms with Gasteiger partial charge in [-0.15, -0.1) is 0 Å². The van der Waals surface area contributed by atoms with Crippen LogP contribution >= 0.6 is 0 Å². The normalized spacial score (nSPS) is 15.2. The summed E-state index contributed by atoms with van der Waals surface area (Å²) < 4.78 is 15.8. The summed E-state index contributed by atoms with van der Waals surface area (Å²) in [5.74, 6) is -0.676. The molecule has 0 bridgehead atoms. The molecule has 1 N–H and O–H groups in total. The lowest BCUT2D eigenvalue weighted by Crippen LogP contribution is -2.54. The molecule has 33 heavy (non-hydrogen) atoms. The standard InChI is InChI=1S/C23H25N3O7/c1-4-32-18-7-5-16(6-8-18)25-22(29)13-20(23(25)30)26(15(2)27)24-21(28)14-33-19-11-9-17(31-3)10-12-19/h5-12,20H,4,13-14H2,1-3H3,(H,24,28). The van der Waals surface area contributed by atoms with Crippen LogP contribution in [-0.4, -0.2) is 55.0 Å². The van der Waals surface area contributed by atoms with Crippen LogP contribution in [0.3, 0.4) is 0 Å². The van der Waals surface area contributed by atoms with Crippen LogP contribution in [0.25, 0.3) is 0 Å². The number of hydrogen-bond donors (Lipinski definition) is 1. The fourth-order valence-electron chi connectivity index (χ4n) is 3.31. The number of anilines is 1. The minimum atomic E-state index is -1.16. The SMILES string of the molecule is CCOc1ccc(N2C(=O)CC(N(NC(=O)COc3ccc(OC)cc3)C(C)=O)C2=O)cc1. The summed E-state index contributed by atoms with van der Waals surface area (Å²) in [7, 11) is 1.53. The van der Waals surface area contributed by atoms with E-state index >= 15 is 0 Å². The molecule has 0 spiro atoms. The Morgan fingerprint density at radius 2 is 1.58 bits per heavy atom. The van der Waals surface area contributed by atoms with Crippen molar-refractivity contribution in [2.75, 3.05) is 25.2 Å². The average Bonchev–Trinajstić information content (AvgIpc) is 3.10. The lowest BCUT2D eigenvalue weighted by Gasteiger charge is -2.26. The van der Waals surface area contributed by atoms with E-state index in [9.17, 15) is 19.2 Å². The summed E-state index contributed by atoms with van der Waals surface area (Å²) in [6, 6.07) is 11.9. The van der Waals surface area contributed by atoms with Gasteiger partial charge in [0.05, 0.1) is 25.8 Å². The van der Waals surface area contributed by atoms with Crippen molar-refractivity contribution in [2.24, 2.45) is 0 Å². The van der Waals surface area contributed by atoms with Gasteiger partial charge in [0.2, 0.25) is 11.8 Å². The van der Waals surface area contributed by atoms with Crippen LogP contribution in [0.2, 0.25) is 0 Å². The zero-order chi connectivity index (χ0) is 24.0. The van der Waals surface area contributed by atoms with Crippen LogP contribution in [-0.2, 0) is 19.2 Å². The number of hydrazine groups is 1. The maximum Gasteiger partial charge on any atom is 0.276 e. The highest BCUT2D eigenvalue weighted by Crippen LogP contribution is 2.27. The van der Waals surface area contributed by atoms with E-state index in [1.165, 1.54) is 14.0 Å². The van der Waals surface area contributed by atoms with Crippen molar-refractivity contribution in [1.82, 2.24) is 10.4 Å². The highest BCUT2D eigenvalue weighted by molar-refractivity contribution is 6.23. The van der Waals surface area contributed by atoms with Gasteiger partial charge in [-0.1, -0.05) is 0 Å². The van der Waals surface area contributed by atoms with Gasteiger partial charge < -0.3 is 14.2 Å². The van der Waals surface area contributed by atoms with E-state index in [0.717, 1.165) is 9.91 Å². The predicted octanol–water partition coefficient (Wildman–Crippen LogP) is 1.68. The van der Waals surface area contributed by atoms with Crippen LogP contribution < -0.4 is 24.5 Å². The Bertz CT molecular complexity index is 1020. The molecule has 10 heteroatoms. The van der Waals surface area contributed by atoms with Crippen molar-refractivity contribution in [2.45, 2.75) is 26.3 Å². The minimum absolute atomic E-state index is 0.259. The van der Waals surface area contributed by atoms with Gasteiger partial charge in [-0.2, -0.15) is 0 Å². The number of ether oxygens (including phenoxy) is 3. The summed E-state index contributed by atoms with van der Waals surface area (Å²) in [5, 5.41) is 0.870. The predicted molar refractivity (Wildman–Crippen MR) is 118 cm³/mol. The molecule has 0 aliphatic carbocycles. The number of imide groups is 1. The second-order valence-corrected chi connectivity index (χ2v) is 7.10. The first kappa shape index (κ1) is 23.6. The van der Waals surface area contributed by atoms with E-state index in [0.29, 0.717) is 29.5 Å². The van der Waals surface area contributed by atoms with E-state index in [-0.39, 0.29) is 6.42 Å². The van der Waals surface area contributed by atoms with Crippen molar-refractivity contribution in [3.8, 4) is 17.2 Å². The summed E-state index contributed by atoms with van der Waals surface area (Å²) in [6.45, 7) is 3.13. The Labute approximate surface area is 191 Å². The third-order valence-electron chi connectivity index (χ3n) is 4.85. The average molecular weight is 455 g/mol. The lowest BCUT2D eigenvalue weighted by atomic mass is 10.2. The van der Waals surface area contributed by atoms with Crippen molar-refractivity contribution >= 4 is 29.3 Å². The number of nitrogens with zero attached hydrogens (tertiary/aromatic N) is 2. The first-order chi connectivity index (χ1) is 15.8. The zero-order valence-electron chi connectivity index (χ0n) is 18.6.